The minimum Gasteiger partial charge on any atom is -0.488 e. The Morgan fingerprint density at radius 2 is 1.77 bits per heavy atom. The van der Waals surface area contributed by atoms with Gasteiger partial charge in [0.2, 0.25) is 0 Å². The van der Waals surface area contributed by atoms with E-state index in [1.165, 1.54) is 16.7 Å². The highest BCUT2D eigenvalue weighted by Gasteiger charge is 2.61. The van der Waals surface area contributed by atoms with E-state index < -0.39 is 0 Å². The molecule has 114 valence electrons. The second kappa shape index (κ2) is 5.11. The van der Waals surface area contributed by atoms with Crippen LogP contribution in [-0.2, 0) is 16.9 Å². The minimum atomic E-state index is -0.320. The Labute approximate surface area is 131 Å². The molecule has 2 atom stereocenters. The summed E-state index contributed by atoms with van der Waals surface area (Å²) >= 11 is 0. The summed E-state index contributed by atoms with van der Waals surface area (Å²) in [6.45, 7) is 1.64. The van der Waals surface area contributed by atoms with Gasteiger partial charge in [-0.15, -0.1) is 0 Å². The van der Waals surface area contributed by atoms with E-state index in [-0.39, 0.29) is 11.7 Å². The molecular formula is C19H21NO2. The van der Waals surface area contributed by atoms with Gasteiger partial charge in [-0.1, -0.05) is 42.5 Å². The van der Waals surface area contributed by atoms with Gasteiger partial charge in [0.1, 0.15) is 18.0 Å². The van der Waals surface area contributed by atoms with Crippen LogP contribution < -0.4 is 4.74 Å². The second-order valence-corrected chi connectivity index (χ2v) is 6.38. The molecule has 22 heavy (non-hydrogen) atoms. The third-order valence-corrected chi connectivity index (χ3v) is 4.65. The van der Waals surface area contributed by atoms with Crippen LogP contribution in [0.3, 0.4) is 0 Å². The van der Waals surface area contributed by atoms with Crippen molar-refractivity contribution in [1.29, 1.82) is 0 Å². The lowest BCUT2D eigenvalue weighted by Gasteiger charge is -2.16. The van der Waals surface area contributed by atoms with E-state index in [9.17, 15) is 0 Å². The number of nitrogens with zero attached hydrogens (tertiary/aromatic N) is 1. The molecule has 2 unspecified atom stereocenters. The molecule has 0 saturated carbocycles. The topological polar surface area (TPSA) is 25.0 Å². The Kier molecular flexibility index (Phi) is 3.21. The van der Waals surface area contributed by atoms with E-state index in [0.29, 0.717) is 6.61 Å². The number of epoxide rings is 1. The van der Waals surface area contributed by atoms with E-state index in [0.717, 1.165) is 18.7 Å². The molecule has 1 fully saturated rings. The summed E-state index contributed by atoms with van der Waals surface area (Å²) in [7, 11) is 4.21. The van der Waals surface area contributed by atoms with E-state index in [1.807, 2.05) is 12.1 Å². The maximum absolute atomic E-state index is 6.32. The zero-order chi connectivity index (χ0) is 15.2. The average Bonchev–Trinajstić information content (AvgIpc) is 3.28. The molecule has 0 amide bonds. The molecule has 3 heteroatoms. The van der Waals surface area contributed by atoms with Gasteiger partial charge < -0.3 is 14.4 Å². The molecule has 0 aromatic heterocycles. The molecule has 2 aliphatic heterocycles. The molecule has 2 heterocycles. The molecule has 0 bridgehead atoms. The van der Waals surface area contributed by atoms with Crippen LogP contribution >= 0.6 is 0 Å². The van der Waals surface area contributed by atoms with Crippen LogP contribution in [0.5, 0.6) is 5.75 Å². The van der Waals surface area contributed by atoms with Gasteiger partial charge in [0, 0.05) is 12.1 Å². The Bertz CT molecular complexity index is 648. The fourth-order valence-corrected chi connectivity index (χ4v) is 3.51. The van der Waals surface area contributed by atoms with E-state index >= 15 is 0 Å². The van der Waals surface area contributed by atoms with E-state index in [1.54, 1.807) is 0 Å². The summed E-state index contributed by atoms with van der Waals surface area (Å²) in [4.78, 5) is 2.21. The summed E-state index contributed by atoms with van der Waals surface area (Å²) in [6.07, 6.45) is 1.24. The highest BCUT2D eigenvalue weighted by atomic mass is 16.6. The molecule has 1 saturated heterocycles. The van der Waals surface area contributed by atoms with Crippen molar-refractivity contribution in [2.75, 3.05) is 20.6 Å². The summed E-state index contributed by atoms with van der Waals surface area (Å²) in [5, 5.41) is 0. The fourth-order valence-electron chi connectivity index (χ4n) is 3.51. The summed E-state index contributed by atoms with van der Waals surface area (Å²) in [6, 6.07) is 16.8. The zero-order valence-electron chi connectivity index (χ0n) is 13.1. The molecule has 2 aliphatic rings. The average molecular weight is 295 g/mol. The number of hydrogen-bond acceptors (Lipinski definition) is 3. The van der Waals surface area contributed by atoms with Crippen molar-refractivity contribution in [3.8, 4) is 5.75 Å². The number of para-hydroxylation sites is 1. The van der Waals surface area contributed by atoms with Crippen LogP contribution in [0, 0.1) is 0 Å². The summed E-state index contributed by atoms with van der Waals surface area (Å²) in [5.74, 6) is 0.950. The predicted octanol–water partition coefficient (Wildman–Crippen LogP) is 3.17. The van der Waals surface area contributed by atoms with Crippen LogP contribution in [-0.4, -0.2) is 31.6 Å². The fraction of sp³-hybridized carbons (Fsp3) is 0.368. The quantitative estimate of drug-likeness (QED) is 0.813. The van der Waals surface area contributed by atoms with Crippen LogP contribution in [0.4, 0.5) is 0 Å². The third-order valence-electron chi connectivity index (χ3n) is 4.65. The van der Waals surface area contributed by atoms with Crippen LogP contribution in [0.15, 0.2) is 48.5 Å². The number of hydrogen-bond donors (Lipinski definition) is 0. The first kappa shape index (κ1) is 13.8. The summed E-state index contributed by atoms with van der Waals surface area (Å²) < 4.78 is 12.4. The van der Waals surface area contributed by atoms with E-state index in [2.05, 4.69) is 55.4 Å². The Morgan fingerprint density at radius 3 is 2.59 bits per heavy atom. The van der Waals surface area contributed by atoms with Gasteiger partial charge in [-0.3, -0.25) is 0 Å². The third kappa shape index (κ3) is 2.04. The minimum absolute atomic E-state index is 0.221. The molecule has 0 N–H and O–H groups in total. The van der Waals surface area contributed by atoms with Crippen LogP contribution in [0.1, 0.15) is 23.1 Å². The standard InChI is InChI=1S/C19H21NO2/c1-20(2)12-11-18-19(22-18)15-8-4-3-7-14(15)13-21-17-10-6-5-9-16(17)19/h3-10,18H,11-13H2,1-2H3. The Hall–Kier alpha value is -1.84. The van der Waals surface area contributed by atoms with Crippen molar-refractivity contribution in [1.82, 2.24) is 4.90 Å². The van der Waals surface area contributed by atoms with Gasteiger partial charge in [0.05, 0.1) is 6.10 Å². The maximum Gasteiger partial charge on any atom is 0.149 e. The van der Waals surface area contributed by atoms with Gasteiger partial charge >= 0.3 is 0 Å². The molecule has 4 rings (SSSR count). The highest BCUT2D eigenvalue weighted by Crippen LogP contribution is 2.57. The van der Waals surface area contributed by atoms with Crippen molar-refractivity contribution in [3.05, 3.63) is 65.2 Å². The molecule has 2 aromatic carbocycles. The Morgan fingerprint density at radius 1 is 1.05 bits per heavy atom. The number of benzene rings is 2. The predicted molar refractivity (Wildman–Crippen MR) is 86.0 cm³/mol. The first-order valence-electron chi connectivity index (χ1n) is 7.85. The number of ether oxygens (including phenoxy) is 2. The van der Waals surface area contributed by atoms with Crippen molar-refractivity contribution < 1.29 is 9.47 Å². The number of rotatable bonds is 3. The lowest BCUT2D eigenvalue weighted by molar-refractivity contribution is 0.298. The maximum atomic E-state index is 6.32. The first-order chi connectivity index (χ1) is 10.7. The van der Waals surface area contributed by atoms with Crippen molar-refractivity contribution >= 4 is 0 Å². The molecular weight excluding hydrogens is 274 g/mol. The summed E-state index contributed by atoms with van der Waals surface area (Å²) in [5.41, 5.74) is 3.35. The molecule has 0 aliphatic carbocycles. The van der Waals surface area contributed by atoms with E-state index in [4.69, 9.17) is 9.47 Å². The lowest BCUT2D eigenvalue weighted by Crippen LogP contribution is -2.20. The smallest absolute Gasteiger partial charge is 0.149 e. The monoisotopic (exact) mass is 295 g/mol. The van der Waals surface area contributed by atoms with Crippen molar-refractivity contribution in [2.45, 2.75) is 24.7 Å². The van der Waals surface area contributed by atoms with Crippen LogP contribution in [0.2, 0.25) is 0 Å². The highest BCUT2D eigenvalue weighted by molar-refractivity contribution is 5.53. The van der Waals surface area contributed by atoms with Gasteiger partial charge in [-0.2, -0.15) is 0 Å². The van der Waals surface area contributed by atoms with Gasteiger partial charge in [-0.05, 0) is 37.7 Å². The second-order valence-electron chi connectivity index (χ2n) is 6.38. The lowest BCUT2D eigenvalue weighted by atomic mass is 9.84. The van der Waals surface area contributed by atoms with Gasteiger partial charge in [0.15, 0.2) is 0 Å². The van der Waals surface area contributed by atoms with Crippen molar-refractivity contribution in [3.63, 3.8) is 0 Å². The first-order valence-corrected chi connectivity index (χ1v) is 7.85. The SMILES string of the molecule is CN(C)CCC1OC12c1ccccc1COc1ccccc12. The zero-order valence-corrected chi connectivity index (χ0v) is 13.1. The van der Waals surface area contributed by atoms with Crippen LogP contribution in [0.25, 0.3) is 0 Å². The number of fused-ring (bicyclic) bond motifs is 4. The molecule has 1 spiro atoms. The molecule has 3 nitrogen and oxygen atoms in total. The normalized spacial score (nSPS) is 25.3. The van der Waals surface area contributed by atoms with Gasteiger partial charge in [-0.25, -0.2) is 0 Å². The van der Waals surface area contributed by atoms with Gasteiger partial charge in [0.25, 0.3) is 0 Å². The molecule has 0 radical (unpaired) electrons. The molecule has 2 aromatic rings. The Balaban J connectivity index is 1.80. The largest absolute Gasteiger partial charge is 0.488 e. The van der Waals surface area contributed by atoms with Crippen molar-refractivity contribution in [2.24, 2.45) is 0 Å².